The Morgan fingerprint density at radius 2 is 1.89 bits per heavy atom. The van der Waals surface area contributed by atoms with Crippen LogP contribution in [0.5, 0.6) is 17.2 Å². The van der Waals surface area contributed by atoms with Gasteiger partial charge < -0.3 is 14.2 Å². The summed E-state index contributed by atoms with van der Waals surface area (Å²) >= 11 is 0. The number of benzene rings is 2. The predicted octanol–water partition coefficient (Wildman–Crippen LogP) is 2.69. The van der Waals surface area contributed by atoms with Crippen molar-refractivity contribution in [1.29, 1.82) is 0 Å². The third kappa shape index (κ3) is 5.90. The Labute approximate surface area is 211 Å². The van der Waals surface area contributed by atoms with E-state index in [1.165, 1.54) is 29.7 Å². The van der Waals surface area contributed by atoms with Crippen molar-refractivity contribution >= 4 is 22.2 Å². The fourth-order valence-corrected chi connectivity index (χ4v) is 5.15. The SMILES string of the molecule is Cc1ccc(OC2=NS(=O)(=O)NC(=NCC3COc4ccc(CN5CCCCC5)cc4O3)N2C)cc1. The molecule has 10 nitrogen and oxygen atoms in total. The zero-order valence-electron chi connectivity index (χ0n) is 20.5. The van der Waals surface area contributed by atoms with Gasteiger partial charge in [0.15, 0.2) is 17.6 Å². The Kier molecular flexibility index (Phi) is 7.01. The molecule has 1 saturated heterocycles. The molecular formula is C25H31N5O5S. The Morgan fingerprint density at radius 1 is 1.11 bits per heavy atom. The maximum absolute atomic E-state index is 12.3. The van der Waals surface area contributed by atoms with Gasteiger partial charge in [0.1, 0.15) is 12.4 Å². The first-order valence-corrected chi connectivity index (χ1v) is 13.6. The third-order valence-corrected chi connectivity index (χ3v) is 7.12. The van der Waals surface area contributed by atoms with E-state index in [0.717, 1.165) is 25.2 Å². The summed E-state index contributed by atoms with van der Waals surface area (Å²) in [6, 6.07) is 13.2. The lowest BCUT2D eigenvalue weighted by molar-refractivity contribution is 0.0967. The number of aliphatic imine (C=N–C) groups is 1. The van der Waals surface area contributed by atoms with Crippen LogP contribution >= 0.6 is 0 Å². The van der Waals surface area contributed by atoms with Crippen molar-refractivity contribution in [3.05, 3.63) is 53.6 Å². The van der Waals surface area contributed by atoms with E-state index in [4.69, 9.17) is 14.2 Å². The lowest BCUT2D eigenvalue weighted by Gasteiger charge is -2.29. The van der Waals surface area contributed by atoms with E-state index in [1.807, 2.05) is 31.2 Å². The molecule has 3 aliphatic heterocycles. The van der Waals surface area contributed by atoms with Crippen molar-refractivity contribution in [3.8, 4) is 17.2 Å². The van der Waals surface area contributed by atoms with Gasteiger partial charge in [0, 0.05) is 13.6 Å². The Morgan fingerprint density at radius 3 is 2.67 bits per heavy atom. The van der Waals surface area contributed by atoms with Gasteiger partial charge >= 0.3 is 16.2 Å². The number of piperidine rings is 1. The first-order chi connectivity index (χ1) is 17.3. The molecule has 2 aromatic carbocycles. The molecule has 5 rings (SSSR count). The molecule has 1 N–H and O–H groups in total. The quantitative estimate of drug-likeness (QED) is 0.655. The molecule has 0 aromatic heterocycles. The summed E-state index contributed by atoms with van der Waals surface area (Å²) in [5.74, 6) is 1.96. The van der Waals surface area contributed by atoms with E-state index in [1.54, 1.807) is 19.2 Å². The molecule has 0 saturated carbocycles. The number of nitrogens with one attached hydrogen (secondary N) is 1. The molecule has 3 aliphatic rings. The molecular weight excluding hydrogens is 482 g/mol. The molecule has 192 valence electrons. The number of likely N-dealkylation sites (tertiary alicyclic amines) is 1. The van der Waals surface area contributed by atoms with Crippen LogP contribution in [0, 0.1) is 6.92 Å². The van der Waals surface area contributed by atoms with Crippen LogP contribution in [0.3, 0.4) is 0 Å². The normalized spacial score (nSPS) is 22.6. The molecule has 11 heteroatoms. The number of hydrogen-bond donors (Lipinski definition) is 1. The molecule has 3 heterocycles. The average molecular weight is 514 g/mol. The van der Waals surface area contributed by atoms with Crippen LogP contribution < -0.4 is 18.9 Å². The average Bonchev–Trinajstić information content (AvgIpc) is 2.86. The van der Waals surface area contributed by atoms with Gasteiger partial charge in [-0.25, -0.2) is 9.71 Å². The van der Waals surface area contributed by atoms with Crippen molar-refractivity contribution < 1.29 is 22.6 Å². The molecule has 36 heavy (non-hydrogen) atoms. The first-order valence-electron chi connectivity index (χ1n) is 12.1. The molecule has 1 fully saturated rings. The van der Waals surface area contributed by atoms with E-state index in [0.29, 0.717) is 23.9 Å². The van der Waals surface area contributed by atoms with Gasteiger partial charge in [0.25, 0.3) is 0 Å². The van der Waals surface area contributed by atoms with Crippen molar-refractivity contribution in [1.82, 2.24) is 14.5 Å². The van der Waals surface area contributed by atoms with Crippen LogP contribution in [0.25, 0.3) is 0 Å². The largest absolute Gasteiger partial charge is 0.486 e. The Hall–Kier alpha value is -3.31. The van der Waals surface area contributed by atoms with Gasteiger partial charge in [0.05, 0.1) is 6.54 Å². The summed E-state index contributed by atoms with van der Waals surface area (Å²) in [5.41, 5.74) is 2.24. The van der Waals surface area contributed by atoms with Gasteiger partial charge in [-0.3, -0.25) is 9.80 Å². The molecule has 1 unspecified atom stereocenters. The van der Waals surface area contributed by atoms with Crippen molar-refractivity contribution in [2.75, 3.05) is 33.3 Å². The lowest BCUT2D eigenvalue weighted by Crippen LogP contribution is -2.51. The second kappa shape index (κ2) is 10.4. The van der Waals surface area contributed by atoms with Gasteiger partial charge in [-0.15, -0.1) is 0 Å². The number of rotatable bonds is 5. The summed E-state index contributed by atoms with van der Waals surface area (Å²) in [6.45, 7) is 5.59. The minimum Gasteiger partial charge on any atom is -0.486 e. The van der Waals surface area contributed by atoms with Crippen LogP contribution in [-0.4, -0.2) is 69.6 Å². The summed E-state index contributed by atoms with van der Waals surface area (Å²) in [6.07, 6.45) is 3.42. The van der Waals surface area contributed by atoms with Gasteiger partial charge in [-0.2, -0.15) is 8.42 Å². The van der Waals surface area contributed by atoms with Gasteiger partial charge in [0.2, 0.25) is 5.96 Å². The monoisotopic (exact) mass is 513 g/mol. The van der Waals surface area contributed by atoms with Crippen molar-refractivity contribution in [2.45, 2.75) is 38.8 Å². The highest BCUT2D eigenvalue weighted by Crippen LogP contribution is 2.33. The van der Waals surface area contributed by atoms with E-state index >= 15 is 0 Å². The molecule has 0 amide bonds. The Bertz CT molecular complexity index is 1260. The second-order valence-electron chi connectivity index (χ2n) is 9.26. The standard InChI is InChI=1S/C25H31N5O5S/c1-18-6-9-20(10-7-18)35-25-28-36(31,32)27-24(29(25)2)26-15-21-17-33-22-11-8-19(14-23(22)34-21)16-30-12-4-3-5-13-30/h6-11,14,21H,3-5,12-13,15-17H2,1-2H3,(H,26,27). The lowest BCUT2D eigenvalue weighted by atomic mass is 10.1. The number of fused-ring (bicyclic) bond motifs is 1. The van der Waals surface area contributed by atoms with E-state index in [2.05, 4.69) is 25.1 Å². The summed E-state index contributed by atoms with van der Waals surface area (Å²) in [7, 11) is -2.37. The molecule has 2 aromatic rings. The van der Waals surface area contributed by atoms with Crippen LogP contribution in [0.15, 0.2) is 51.9 Å². The van der Waals surface area contributed by atoms with Gasteiger partial charge in [-0.05, 0) is 62.7 Å². The summed E-state index contributed by atoms with van der Waals surface area (Å²) in [4.78, 5) is 8.37. The van der Waals surface area contributed by atoms with Crippen LogP contribution in [0.4, 0.5) is 0 Å². The number of aryl methyl sites for hydroxylation is 1. The van der Waals surface area contributed by atoms with Crippen molar-refractivity contribution in [3.63, 3.8) is 0 Å². The van der Waals surface area contributed by atoms with Crippen LogP contribution in [0.1, 0.15) is 30.4 Å². The van der Waals surface area contributed by atoms with Crippen LogP contribution in [-0.2, 0) is 16.8 Å². The smallest absolute Gasteiger partial charge is 0.349 e. The topological polar surface area (TPSA) is 105 Å². The number of ether oxygens (including phenoxy) is 3. The van der Waals surface area contributed by atoms with E-state index in [9.17, 15) is 8.42 Å². The number of guanidine groups is 1. The fraction of sp³-hybridized carbons (Fsp3) is 0.440. The molecule has 0 bridgehead atoms. The molecule has 0 radical (unpaired) electrons. The minimum absolute atomic E-state index is 0.0927. The number of nitrogens with zero attached hydrogens (tertiary/aromatic N) is 4. The van der Waals surface area contributed by atoms with E-state index < -0.39 is 10.2 Å². The predicted molar refractivity (Wildman–Crippen MR) is 137 cm³/mol. The third-order valence-electron chi connectivity index (χ3n) is 6.28. The molecule has 1 atom stereocenters. The van der Waals surface area contributed by atoms with E-state index in [-0.39, 0.29) is 24.6 Å². The second-order valence-corrected chi connectivity index (χ2v) is 10.6. The maximum Gasteiger partial charge on any atom is 0.349 e. The molecule has 0 aliphatic carbocycles. The maximum atomic E-state index is 12.3. The minimum atomic E-state index is -4.00. The fourth-order valence-electron chi connectivity index (χ4n) is 4.31. The highest BCUT2D eigenvalue weighted by Gasteiger charge is 2.29. The van der Waals surface area contributed by atoms with Crippen LogP contribution in [0.2, 0.25) is 0 Å². The zero-order valence-corrected chi connectivity index (χ0v) is 21.3. The van der Waals surface area contributed by atoms with Crippen molar-refractivity contribution in [2.24, 2.45) is 9.39 Å². The number of amidine groups is 1. The summed E-state index contributed by atoms with van der Waals surface area (Å²) < 4.78 is 48.5. The highest BCUT2D eigenvalue weighted by molar-refractivity contribution is 7.89. The number of hydrogen-bond acceptors (Lipinski definition) is 7. The van der Waals surface area contributed by atoms with Gasteiger partial charge in [-0.1, -0.05) is 34.6 Å². The first kappa shape index (κ1) is 24.4. The highest BCUT2D eigenvalue weighted by atomic mass is 32.2. The summed E-state index contributed by atoms with van der Waals surface area (Å²) in [5, 5.41) is 0. The Balaban J connectivity index is 1.25. The zero-order chi connectivity index (χ0) is 25.1. The molecule has 0 spiro atoms.